The maximum Gasteiger partial charge on any atom is 0.244 e. The number of hydrogen-bond acceptors (Lipinski definition) is 2. The zero-order chi connectivity index (χ0) is 13.5. The number of furan rings is 1. The molecule has 3 nitrogen and oxygen atoms in total. The van der Waals surface area contributed by atoms with Crippen LogP contribution in [0.25, 0.3) is 6.08 Å². The van der Waals surface area contributed by atoms with Gasteiger partial charge in [-0.25, -0.2) is 4.39 Å². The van der Waals surface area contributed by atoms with Gasteiger partial charge in [-0.15, -0.1) is 0 Å². The minimum atomic E-state index is -0.262. The van der Waals surface area contributed by atoms with Gasteiger partial charge in [0.1, 0.15) is 11.6 Å². The van der Waals surface area contributed by atoms with E-state index in [9.17, 15) is 9.18 Å². The molecule has 98 valence electrons. The summed E-state index contributed by atoms with van der Waals surface area (Å²) in [4.78, 5) is 11.5. The topological polar surface area (TPSA) is 42.2 Å². The SMILES string of the molecule is O=C(/C=C/c1ccco1)NCCc1cccc(F)c1. The fourth-order valence-electron chi connectivity index (χ4n) is 1.63. The first-order valence-corrected chi connectivity index (χ1v) is 5.98. The van der Waals surface area contributed by atoms with Crippen LogP contribution in [-0.2, 0) is 11.2 Å². The molecule has 0 fully saturated rings. The molecule has 1 N–H and O–H groups in total. The summed E-state index contributed by atoms with van der Waals surface area (Å²) in [5.74, 6) is 0.162. The first-order chi connectivity index (χ1) is 9.24. The summed E-state index contributed by atoms with van der Waals surface area (Å²) in [6.07, 6.45) is 5.14. The summed E-state index contributed by atoms with van der Waals surface area (Å²) < 4.78 is 18.0. The van der Waals surface area contributed by atoms with Gasteiger partial charge in [0.05, 0.1) is 6.26 Å². The molecule has 1 heterocycles. The normalized spacial score (nSPS) is 10.8. The third kappa shape index (κ3) is 4.43. The molecule has 1 amide bonds. The Bertz CT molecular complexity index is 561. The van der Waals surface area contributed by atoms with Gasteiger partial charge in [-0.1, -0.05) is 12.1 Å². The van der Waals surface area contributed by atoms with Gasteiger partial charge in [0.25, 0.3) is 0 Å². The highest BCUT2D eigenvalue weighted by Crippen LogP contribution is 2.04. The van der Waals surface area contributed by atoms with Gasteiger partial charge >= 0.3 is 0 Å². The van der Waals surface area contributed by atoms with Crippen molar-refractivity contribution in [3.8, 4) is 0 Å². The third-order valence-electron chi connectivity index (χ3n) is 2.54. The summed E-state index contributed by atoms with van der Waals surface area (Å²) in [7, 11) is 0. The van der Waals surface area contributed by atoms with Gasteiger partial charge < -0.3 is 9.73 Å². The summed E-state index contributed by atoms with van der Waals surface area (Å²) >= 11 is 0. The summed E-state index contributed by atoms with van der Waals surface area (Å²) in [6.45, 7) is 0.463. The van der Waals surface area contributed by atoms with Crippen LogP contribution in [0.1, 0.15) is 11.3 Å². The molecule has 0 unspecified atom stereocenters. The van der Waals surface area contributed by atoms with Crippen LogP contribution < -0.4 is 5.32 Å². The van der Waals surface area contributed by atoms with Crippen molar-refractivity contribution in [3.05, 3.63) is 65.9 Å². The molecule has 19 heavy (non-hydrogen) atoms. The van der Waals surface area contributed by atoms with E-state index in [1.54, 1.807) is 30.5 Å². The summed E-state index contributed by atoms with van der Waals surface area (Å²) in [5, 5.41) is 2.72. The Kier molecular flexibility index (Phi) is 4.50. The second-order valence-electron chi connectivity index (χ2n) is 4.02. The number of hydrogen-bond donors (Lipinski definition) is 1. The molecule has 2 aromatic rings. The molecule has 1 aromatic heterocycles. The Hall–Kier alpha value is -2.36. The van der Waals surface area contributed by atoms with E-state index in [-0.39, 0.29) is 11.7 Å². The molecule has 0 saturated carbocycles. The summed E-state index contributed by atoms with van der Waals surface area (Å²) in [5.41, 5.74) is 0.857. The Morgan fingerprint density at radius 1 is 1.32 bits per heavy atom. The number of nitrogens with one attached hydrogen (secondary N) is 1. The van der Waals surface area contributed by atoms with Crippen molar-refractivity contribution in [2.45, 2.75) is 6.42 Å². The van der Waals surface area contributed by atoms with Crippen LogP contribution in [0.2, 0.25) is 0 Å². The highest BCUT2D eigenvalue weighted by atomic mass is 19.1. The number of carbonyl (C=O) groups excluding carboxylic acids is 1. The zero-order valence-electron chi connectivity index (χ0n) is 10.3. The molecule has 0 atom stereocenters. The van der Waals surface area contributed by atoms with Crippen molar-refractivity contribution in [2.75, 3.05) is 6.54 Å². The molecular formula is C15H14FNO2. The number of benzene rings is 1. The molecule has 0 bridgehead atoms. The fraction of sp³-hybridized carbons (Fsp3) is 0.133. The van der Waals surface area contributed by atoms with E-state index in [0.29, 0.717) is 18.7 Å². The van der Waals surface area contributed by atoms with E-state index < -0.39 is 0 Å². The standard InChI is InChI=1S/C15H14FNO2/c16-13-4-1-3-12(11-13)8-9-17-15(18)7-6-14-5-2-10-19-14/h1-7,10-11H,8-9H2,(H,17,18)/b7-6+. The number of rotatable bonds is 5. The first kappa shape index (κ1) is 13.1. The van der Waals surface area contributed by atoms with E-state index in [4.69, 9.17) is 4.42 Å². The second kappa shape index (κ2) is 6.54. The number of carbonyl (C=O) groups is 1. The largest absolute Gasteiger partial charge is 0.465 e. The third-order valence-corrected chi connectivity index (χ3v) is 2.54. The van der Waals surface area contributed by atoms with Crippen LogP contribution in [0.15, 0.2) is 53.2 Å². The van der Waals surface area contributed by atoms with Crippen LogP contribution in [0.4, 0.5) is 4.39 Å². The second-order valence-corrected chi connectivity index (χ2v) is 4.02. The molecule has 2 rings (SSSR count). The Morgan fingerprint density at radius 2 is 2.21 bits per heavy atom. The lowest BCUT2D eigenvalue weighted by Gasteiger charge is -2.02. The van der Waals surface area contributed by atoms with E-state index in [2.05, 4.69) is 5.32 Å². The highest BCUT2D eigenvalue weighted by molar-refractivity contribution is 5.91. The van der Waals surface area contributed by atoms with Crippen molar-refractivity contribution in [1.82, 2.24) is 5.32 Å². The van der Waals surface area contributed by atoms with Crippen LogP contribution in [0.3, 0.4) is 0 Å². The monoisotopic (exact) mass is 259 g/mol. The molecule has 0 saturated heterocycles. The minimum absolute atomic E-state index is 0.201. The number of amides is 1. The van der Waals surface area contributed by atoms with Crippen LogP contribution >= 0.6 is 0 Å². The molecule has 4 heteroatoms. The summed E-state index contributed by atoms with van der Waals surface area (Å²) in [6, 6.07) is 9.86. The van der Waals surface area contributed by atoms with Crippen molar-refractivity contribution in [3.63, 3.8) is 0 Å². The Morgan fingerprint density at radius 3 is 2.95 bits per heavy atom. The molecule has 0 aliphatic carbocycles. The molecule has 0 aliphatic heterocycles. The van der Waals surface area contributed by atoms with Gasteiger partial charge in [0.15, 0.2) is 0 Å². The molecular weight excluding hydrogens is 245 g/mol. The predicted molar refractivity (Wildman–Crippen MR) is 70.9 cm³/mol. The lowest BCUT2D eigenvalue weighted by Crippen LogP contribution is -2.23. The van der Waals surface area contributed by atoms with Crippen LogP contribution in [0, 0.1) is 5.82 Å². The van der Waals surface area contributed by atoms with Crippen molar-refractivity contribution in [1.29, 1.82) is 0 Å². The van der Waals surface area contributed by atoms with E-state index in [1.807, 2.05) is 6.07 Å². The van der Waals surface area contributed by atoms with Crippen LogP contribution in [-0.4, -0.2) is 12.5 Å². The minimum Gasteiger partial charge on any atom is -0.465 e. The maximum absolute atomic E-state index is 12.9. The van der Waals surface area contributed by atoms with Crippen LogP contribution in [0.5, 0.6) is 0 Å². The Balaban J connectivity index is 1.75. The maximum atomic E-state index is 12.9. The quantitative estimate of drug-likeness (QED) is 0.839. The van der Waals surface area contributed by atoms with Gasteiger partial charge in [-0.05, 0) is 42.3 Å². The average Bonchev–Trinajstić information content (AvgIpc) is 2.89. The molecule has 0 spiro atoms. The fourth-order valence-corrected chi connectivity index (χ4v) is 1.63. The smallest absolute Gasteiger partial charge is 0.244 e. The number of halogens is 1. The van der Waals surface area contributed by atoms with Gasteiger partial charge in [-0.2, -0.15) is 0 Å². The van der Waals surface area contributed by atoms with E-state index in [1.165, 1.54) is 18.2 Å². The Labute approximate surface area is 110 Å². The highest BCUT2D eigenvalue weighted by Gasteiger charge is 1.98. The van der Waals surface area contributed by atoms with Gasteiger partial charge in [-0.3, -0.25) is 4.79 Å². The van der Waals surface area contributed by atoms with E-state index >= 15 is 0 Å². The zero-order valence-corrected chi connectivity index (χ0v) is 10.3. The lowest BCUT2D eigenvalue weighted by molar-refractivity contribution is -0.116. The van der Waals surface area contributed by atoms with Gasteiger partial charge in [0, 0.05) is 12.6 Å². The molecule has 1 aromatic carbocycles. The molecule has 0 aliphatic rings. The van der Waals surface area contributed by atoms with Crippen molar-refractivity contribution >= 4 is 12.0 Å². The van der Waals surface area contributed by atoms with E-state index in [0.717, 1.165) is 5.56 Å². The first-order valence-electron chi connectivity index (χ1n) is 5.98. The average molecular weight is 259 g/mol. The van der Waals surface area contributed by atoms with Gasteiger partial charge in [0.2, 0.25) is 5.91 Å². The van der Waals surface area contributed by atoms with Crippen molar-refractivity contribution in [2.24, 2.45) is 0 Å². The molecule has 0 radical (unpaired) electrons. The lowest BCUT2D eigenvalue weighted by atomic mass is 10.1. The van der Waals surface area contributed by atoms with Crippen molar-refractivity contribution < 1.29 is 13.6 Å². The predicted octanol–water partition coefficient (Wildman–Crippen LogP) is 2.79.